The quantitative estimate of drug-likeness (QED) is 0.784. The van der Waals surface area contributed by atoms with Crippen LogP contribution in [0.4, 0.5) is 10.1 Å². The summed E-state index contributed by atoms with van der Waals surface area (Å²) in [5.41, 5.74) is 1.35. The number of anilines is 1. The summed E-state index contributed by atoms with van der Waals surface area (Å²) in [5, 5.41) is 3.16. The van der Waals surface area contributed by atoms with Gasteiger partial charge in [-0.3, -0.25) is 0 Å². The van der Waals surface area contributed by atoms with E-state index in [9.17, 15) is 4.39 Å². The Balaban J connectivity index is 2.76. The van der Waals surface area contributed by atoms with Gasteiger partial charge in [-0.25, -0.2) is 4.39 Å². The number of methoxy groups -OCH3 is 2. The summed E-state index contributed by atoms with van der Waals surface area (Å²) in [6.45, 7) is 3.65. The Labute approximate surface area is 95.6 Å². The number of hydrogen-bond acceptors (Lipinski definition) is 3. The molecule has 1 N–H and O–H groups in total. The summed E-state index contributed by atoms with van der Waals surface area (Å²) in [4.78, 5) is 0. The highest BCUT2D eigenvalue weighted by atomic mass is 19.1. The fraction of sp³-hybridized carbons (Fsp3) is 0.500. The summed E-state index contributed by atoms with van der Waals surface area (Å²) in [5.74, 6) is -0.219. The maximum Gasteiger partial charge on any atom is 0.176 e. The molecule has 0 bridgehead atoms. The van der Waals surface area contributed by atoms with Crippen LogP contribution >= 0.6 is 0 Å². The van der Waals surface area contributed by atoms with Crippen molar-refractivity contribution in [1.82, 2.24) is 0 Å². The van der Waals surface area contributed by atoms with Crippen molar-refractivity contribution in [3.8, 4) is 0 Å². The van der Waals surface area contributed by atoms with Crippen LogP contribution in [-0.2, 0) is 9.47 Å². The molecule has 0 radical (unpaired) electrons. The first kappa shape index (κ1) is 12.9. The lowest BCUT2D eigenvalue weighted by molar-refractivity contribution is -0.109. The van der Waals surface area contributed by atoms with Crippen molar-refractivity contribution >= 4 is 5.69 Å². The first-order valence-corrected chi connectivity index (χ1v) is 5.17. The molecule has 0 aliphatic carbocycles. The first-order valence-electron chi connectivity index (χ1n) is 5.17. The third-order valence-corrected chi connectivity index (χ3v) is 2.52. The molecule has 0 aromatic heterocycles. The van der Waals surface area contributed by atoms with E-state index < -0.39 is 0 Å². The average molecular weight is 227 g/mol. The Morgan fingerprint density at radius 2 is 1.88 bits per heavy atom. The maximum atomic E-state index is 13.3. The SMILES string of the molecule is COC(OC)C(C)Nc1cccc(F)c1C. The second kappa shape index (κ2) is 5.82. The summed E-state index contributed by atoms with van der Waals surface area (Å²) >= 11 is 0. The highest BCUT2D eigenvalue weighted by Crippen LogP contribution is 2.19. The molecule has 0 heterocycles. The highest BCUT2D eigenvalue weighted by molar-refractivity contribution is 5.51. The number of rotatable bonds is 5. The van der Waals surface area contributed by atoms with E-state index >= 15 is 0 Å². The van der Waals surface area contributed by atoms with Gasteiger partial charge in [0.05, 0.1) is 6.04 Å². The van der Waals surface area contributed by atoms with Crippen LogP contribution in [-0.4, -0.2) is 26.6 Å². The molecule has 1 atom stereocenters. The topological polar surface area (TPSA) is 30.5 Å². The standard InChI is InChI=1S/C12H18FNO2/c1-8-10(13)6-5-7-11(8)14-9(2)12(15-3)16-4/h5-7,9,12,14H,1-4H3. The van der Waals surface area contributed by atoms with Gasteiger partial charge in [-0.1, -0.05) is 6.07 Å². The lowest BCUT2D eigenvalue weighted by Crippen LogP contribution is -2.34. The van der Waals surface area contributed by atoms with E-state index in [0.717, 1.165) is 5.69 Å². The predicted octanol–water partition coefficient (Wildman–Crippen LogP) is 2.55. The van der Waals surface area contributed by atoms with Crippen molar-refractivity contribution in [3.05, 3.63) is 29.6 Å². The molecule has 0 saturated heterocycles. The fourth-order valence-electron chi connectivity index (χ4n) is 1.58. The van der Waals surface area contributed by atoms with Gasteiger partial charge in [0.25, 0.3) is 0 Å². The third kappa shape index (κ3) is 2.93. The Kier molecular flexibility index (Phi) is 4.71. The molecule has 1 aromatic carbocycles. The molecule has 0 aliphatic heterocycles. The Morgan fingerprint density at radius 3 is 2.44 bits per heavy atom. The molecular weight excluding hydrogens is 209 g/mol. The summed E-state index contributed by atoms with van der Waals surface area (Å²) < 4.78 is 23.5. The van der Waals surface area contributed by atoms with Gasteiger partial charge in [0.2, 0.25) is 0 Å². The molecule has 16 heavy (non-hydrogen) atoms. The zero-order valence-electron chi connectivity index (χ0n) is 10.1. The van der Waals surface area contributed by atoms with E-state index in [-0.39, 0.29) is 18.1 Å². The Morgan fingerprint density at radius 1 is 1.25 bits per heavy atom. The Bertz CT molecular complexity index is 340. The van der Waals surface area contributed by atoms with Crippen molar-refractivity contribution in [2.24, 2.45) is 0 Å². The molecule has 0 saturated carbocycles. The maximum absolute atomic E-state index is 13.3. The van der Waals surface area contributed by atoms with Crippen LogP contribution in [0.3, 0.4) is 0 Å². The zero-order chi connectivity index (χ0) is 12.1. The monoisotopic (exact) mass is 227 g/mol. The van der Waals surface area contributed by atoms with Crippen LogP contribution in [0, 0.1) is 12.7 Å². The minimum atomic E-state index is -0.359. The molecular formula is C12H18FNO2. The second-order valence-electron chi connectivity index (χ2n) is 3.69. The minimum Gasteiger partial charge on any atom is -0.377 e. The fourth-order valence-corrected chi connectivity index (χ4v) is 1.58. The normalized spacial score (nSPS) is 12.9. The van der Waals surface area contributed by atoms with Gasteiger partial charge in [-0.15, -0.1) is 0 Å². The lowest BCUT2D eigenvalue weighted by Gasteiger charge is -2.24. The largest absolute Gasteiger partial charge is 0.377 e. The number of halogens is 1. The number of benzene rings is 1. The number of hydrogen-bond donors (Lipinski definition) is 1. The van der Waals surface area contributed by atoms with Gasteiger partial charge in [0, 0.05) is 25.5 Å². The van der Waals surface area contributed by atoms with Crippen molar-refractivity contribution < 1.29 is 13.9 Å². The van der Waals surface area contributed by atoms with E-state index in [1.807, 2.05) is 13.0 Å². The van der Waals surface area contributed by atoms with E-state index in [1.165, 1.54) is 6.07 Å². The molecule has 0 aliphatic rings. The van der Waals surface area contributed by atoms with Crippen LogP contribution in [0.1, 0.15) is 12.5 Å². The van der Waals surface area contributed by atoms with Crippen molar-refractivity contribution in [2.45, 2.75) is 26.2 Å². The first-order chi connectivity index (χ1) is 7.60. The summed E-state index contributed by atoms with van der Waals surface area (Å²) in [6.07, 6.45) is -0.359. The highest BCUT2D eigenvalue weighted by Gasteiger charge is 2.16. The van der Waals surface area contributed by atoms with Crippen LogP contribution in [0.5, 0.6) is 0 Å². The van der Waals surface area contributed by atoms with Crippen molar-refractivity contribution in [2.75, 3.05) is 19.5 Å². The lowest BCUT2D eigenvalue weighted by atomic mass is 10.1. The molecule has 1 rings (SSSR count). The minimum absolute atomic E-state index is 0.0597. The zero-order valence-corrected chi connectivity index (χ0v) is 10.1. The summed E-state index contributed by atoms with van der Waals surface area (Å²) in [6, 6.07) is 4.88. The Hall–Kier alpha value is -1.13. The average Bonchev–Trinajstić information content (AvgIpc) is 2.26. The van der Waals surface area contributed by atoms with Gasteiger partial charge in [0.1, 0.15) is 5.82 Å². The van der Waals surface area contributed by atoms with E-state index in [2.05, 4.69) is 5.32 Å². The smallest absolute Gasteiger partial charge is 0.176 e. The van der Waals surface area contributed by atoms with Crippen LogP contribution in [0.15, 0.2) is 18.2 Å². The molecule has 0 fully saturated rings. The second-order valence-corrected chi connectivity index (χ2v) is 3.69. The van der Waals surface area contributed by atoms with Gasteiger partial charge >= 0.3 is 0 Å². The van der Waals surface area contributed by atoms with E-state index in [4.69, 9.17) is 9.47 Å². The van der Waals surface area contributed by atoms with Gasteiger partial charge in [0.15, 0.2) is 6.29 Å². The predicted molar refractivity (Wildman–Crippen MR) is 62.0 cm³/mol. The van der Waals surface area contributed by atoms with Gasteiger partial charge in [-0.05, 0) is 26.0 Å². The van der Waals surface area contributed by atoms with Gasteiger partial charge in [-0.2, -0.15) is 0 Å². The molecule has 1 unspecified atom stereocenters. The van der Waals surface area contributed by atoms with Crippen LogP contribution < -0.4 is 5.32 Å². The molecule has 1 aromatic rings. The molecule has 90 valence electrons. The number of ether oxygens (including phenoxy) is 2. The third-order valence-electron chi connectivity index (χ3n) is 2.52. The number of nitrogens with one attached hydrogen (secondary N) is 1. The van der Waals surface area contributed by atoms with E-state index in [1.54, 1.807) is 27.2 Å². The van der Waals surface area contributed by atoms with Crippen LogP contribution in [0.2, 0.25) is 0 Å². The molecule has 0 spiro atoms. The van der Waals surface area contributed by atoms with Crippen molar-refractivity contribution in [3.63, 3.8) is 0 Å². The van der Waals surface area contributed by atoms with Crippen LogP contribution in [0.25, 0.3) is 0 Å². The molecule has 3 nitrogen and oxygen atoms in total. The van der Waals surface area contributed by atoms with Crippen molar-refractivity contribution in [1.29, 1.82) is 0 Å². The molecule has 4 heteroatoms. The summed E-state index contributed by atoms with van der Waals surface area (Å²) in [7, 11) is 3.15. The molecule has 0 amide bonds. The van der Waals surface area contributed by atoms with E-state index in [0.29, 0.717) is 5.56 Å². The van der Waals surface area contributed by atoms with Gasteiger partial charge < -0.3 is 14.8 Å².